The van der Waals surface area contributed by atoms with Gasteiger partial charge < -0.3 is 0 Å². The number of fused-ring (bicyclic) bond motifs is 1. The first kappa shape index (κ1) is 16.5. The normalized spacial score (nSPS) is 20.0. The molecule has 2 rings (SSSR count). The maximum absolute atomic E-state index is 13.3. The van der Waals surface area contributed by atoms with Crippen molar-refractivity contribution in [2.45, 2.75) is 51.7 Å². The summed E-state index contributed by atoms with van der Waals surface area (Å²) in [6.07, 6.45) is 1.94. The molecule has 1 atom stereocenters. The van der Waals surface area contributed by atoms with Crippen LogP contribution in [0.25, 0.3) is 6.08 Å². The molecule has 3 nitrogen and oxygen atoms in total. The van der Waals surface area contributed by atoms with Crippen molar-refractivity contribution in [3.8, 4) is 0 Å². The summed E-state index contributed by atoms with van der Waals surface area (Å²) < 4.78 is 41.7. The molecule has 0 N–H and O–H groups in total. The van der Waals surface area contributed by atoms with Gasteiger partial charge in [-0.1, -0.05) is 25.7 Å². The van der Waals surface area contributed by atoms with Crippen molar-refractivity contribution in [2.24, 2.45) is 0 Å². The van der Waals surface area contributed by atoms with E-state index in [1.165, 1.54) is 13.0 Å². The zero-order valence-electron chi connectivity index (χ0n) is 12.8. The molecule has 2 heterocycles. The van der Waals surface area contributed by atoms with Crippen molar-refractivity contribution in [2.75, 3.05) is 0 Å². The van der Waals surface area contributed by atoms with Crippen molar-refractivity contribution < 1.29 is 13.2 Å². The third-order valence-electron chi connectivity index (χ3n) is 3.78. The number of hydrogen-bond acceptors (Lipinski definition) is 2. The third kappa shape index (κ3) is 3.15. The summed E-state index contributed by atoms with van der Waals surface area (Å²) in [5.74, 6) is 0.693. The van der Waals surface area contributed by atoms with Gasteiger partial charge in [0.1, 0.15) is 5.82 Å². The van der Waals surface area contributed by atoms with Gasteiger partial charge in [0.2, 0.25) is 0 Å². The highest BCUT2D eigenvalue weighted by molar-refractivity contribution is 5.43. The first-order valence-electron chi connectivity index (χ1n) is 7.43. The second-order valence-electron chi connectivity index (χ2n) is 5.22. The molecule has 0 bridgehead atoms. The average Bonchev–Trinajstić information content (AvgIpc) is 2.88. The summed E-state index contributed by atoms with van der Waals surface area (Å²) >= 11 is 0. The molecule has 0 saturated heterocycles. The highest BCUT2D eigenvalue weighted by Crippen LogP contribution is 2.42. The van der Waals surface area contributed by atoms with Gasteiger partial charge >= 0.3 is 6.18 Å². The molecule has 1 aliphatic heterocycles. The Morgan fingerprint density at radius 1 is 1.45 bits per heavy atom. The molecular weight excluding hydrogens is 291 g/mol. The highest BCUT2D eigenvalue weighted by Gasteiger charge is 2.39. The summed E-state index contributed by atoms with van der Waals surface area (Å²) in [7, 11) is 0. The molecule has 0 amide bonds. The van der Waals surface area contributed by atoms with Crippen LogP contribution in [0.3, 0.4) is 0 Å². The molecule has 0 aliphatic carbocycles. The first-order valence-corrected chi connectivity index (χ1v) is 7.43. The fourth-order valence-electron chi connectivity index (χ4n) is 2.90. The standard InChI is InChI=1S/C16H20F3N3/c1-4-8-11(13(5-2)16(17,18)19)12-9-7-10-22-15(12)20-14(6-3)21-22/h5-6,8,12H,3-4,7,9-10H2,1-2H3/b11-8-,13-5+. The molecule has 22 heavy (non-hydrogen) atoms. The molecule has 0 aromatic carbocycles. The van der Waals surface area contributed by atoms with E-state index >= 15 is 0 Å². The lowest BCUT2D eigenvalue weighted by molar-refractivity contribution is -0.0900. The Morgan fingerprint density at radius 3 is 2.73 bits per heavy atom. The lowest BCUT2D eigenvalue weighted by Crippen LogP contribution is -2.23. The van der Waals surface area contributed by atoms with E-state index in [0.29, 0.717) is 36.6 Å². The quantitative estimate of drug-likeness (QED) is 0.758. The predicted octanol–water partition coefficient (Wildman–Crippen LogP) is 4.64. The number of aryl methyl sites for hydroxylation is 1. The van der Waals surface area contributed by atoms with Crippen LogP contribution in [-0.2, 0) is 6.54 Å². The Kier molecular flexibility index (Phi) is 4.88. The minimum Gasteiger partial charge on any atom is -0.249 e. The van der Waals surface area contributed by atoms with Crippen LogP contribution in [0.5, 0.6) is 0 Å². The third-order valence-corrected chi connectivity index (χ3v) is 3.78. The Bertz CT molecular complexity index is 609. The van der Waals surface area contributed by atoms with Crippen LogP contribution < -0.4 is 0 Å². The molecule has 1 aromatic rings. The van der Waals surface area contributed by atoms with Gasteiger partial charge in [0.15, 0.2) is 5.82 Å². The monoisotopic (exact) mass is 311 g/mol. The lowest BCUT2D eigenvalue weighted by Gasteiger charge is -2.27. The van der Waals surface area contributed by atoms with Crippen LogP contribution in [0.15, 0.2) is 29.9 Å². The number of aromatic nitrogens is 3. The van der Waals surface area contributed by atoms with Crippen LogP contribution in [-0.4, -0.2) is 20.9 Å². The van der Waals surface area contributed by atoms with E-state index in [1.807, 2.05) is 6.92 Å². The smallest absolute Gasteiger partial charge is 0.249 e. The van der Waals surface area contributed by atoms with Crippen LogP contribution in [0.4, 0.5) is 13.2 Å². The van der Waals surface area contributed by atoms with Crippen molar-refractivity contribution in [3.05, 3.63) is 41.5 Å². The van der Waals surface area contributed by atoms with Crippen LogP contribution in [0, 0.1) is 0 Å². The molecule has 0 radical (unpaired) electrons. The summed E-state index contributed by atoms with van der Waals surface area (Å²) in [5, 5.41) is 4.27. The number of rotatable bonds is 4. The first-order chi connectivity index (χ1) is 10.4. The van der Waals surface area contributed by atoms with Crippen molar-refractivity contribution in [1.29, 1.82) is 0 Å². The molecule has 1 aromatic heterocycles. The van der Waals surface area contributed by atoms with Gasteiger partial charge in [-0.15, -0.1) is 0 Å². The van der Waals surface area contributed by atoms with Gasteiger partial charge in [0, 0.05) is 12.5 Å². The van der Waals surface area contributed by atoms with Crippen LogP contribution in [0.1, 0.15) is 50.7 Å². The Balaban J connectivity index is 2.50. The van der Waals surface area contributed by atoms with E-state index < -0.39 is 11.7 Å². The Hall–Kier alpha value is -1.85. The van der Waals surface area contributed by atoms with E-state index in [4.69, 9.17) is 0 Å². The zero-order valence-corrected chi connectivity index (χ0v) is 12.8. The molecule has 0 fully saturated rings. The van der Waals surface area contributed by atoms with E-state index in [-0.39, 0.29) is 5.92 Å². The fourth-order valence-corrected chi connectivity index (χ4v) is 2.90. The Morgan fingerprint density at radius 2 is 2.18 bits per heavy atom. The molecule has 0 saturated carbocycles. The van der Waals surface area contributed by atoms with E-state index in [1.54, 1.807) is 10.8 Å². The van der Waals surface area contributed by atoms with E-state index in [0.717, 1.165) is 12.5 Å². The molecule has 0 spiro atoms. The highest BCUT2D eigenvalue weighted by atomic mass is 19.4. The van der Waals surface area contributed by atoms with Gasteiger partial charge in [-0.05, 0) is 37.8 Å². The van der Waals surface area contributed by atoms with Gasteiger partial charge in [-0.2, -0.15) is 18.3 Å². The largest absolute Gasteiger partial charge is 0.416 e. The summed E-state index contributed by atoms with van der Waals surface area (Å²) in [6, 6.07) is 0. The summed E-state index contributed by atoms with van der Waals surface area (Å²) in [5.41, 5.74) is -0.266. The van der Waals surface area contributed by atoms with Gasteiger partial charge in [-0.3, -0.25) is 0 Å². The zero-order chi connectivity index (χ0) is 16.3. The summed E-state index contributed by atoms with van der Waals surface area (Å²) in [4.78, 5) is 4.35. The van der Waals surface area contributed by atoms with Gasteiger partial charge in [-0.25, -0.2) is 9.67 Å². The molecule has 1 aliphatic rings. The lowest BCUT2D eigenvalue weighted by atomic mass is 9.85. The predicted molar refractivity (Wildman–Crippen MR) is 80.3 cm³/mol. The van der Waals surface area contributed by atoms with E-state index in [2.05, 4.69) is 16.7 Å². The maximum atomic E-state index is 13.3. The number of nitrogens with zero attached hydrogens (tertiary/aromatic N) is 3. The van der Waals surface area contributed by atoms with Crippen molar-refractivity contribution in [3.63, 3.8) is 0 Å². The minimum atomic E-state index is -4.36. The number of alkyl halides is 3. The Labute approximate surface area is 128 Å². The minimum absolute atomic E-state index is 0.307. The second-order valence-corrected chi connectivity index (χ2v) is 5.22. The number of hydrogen-bond donors (Lipinski definition) is 0. The van der Waals surface area contributed by atoms with Crippen LogP contribution >= 0.6 is 0 Å². The summed E-state index contributed by atoms with van der Waals surface area (Å²) in [6.45, 7) is 7.58. The van der Waals surface area contributed by atoms with E-state index in [9.17, 15) is 13.2 Å². The fraction of sp³-hybridized carbons (Fsp3) is 0.500. The van der Waals surface area contributed by atoms with Crippen molar-refractivity contribution in [1.82, 2.24) is 14.8 Å². The molecule has 6 heteroatoms. The average molecular weight is 311 g/mol. The van der Waals surface area contributed by atoms with Crippen molar-refractivity contribution >= 4 is 6.08 Å². The van der Waals surface area contributed by atoms with Gasteiger partial charge in [0.25, 0.3) is 0 Å². The SMILES string of the molecule is C=Cc1nc2n(n1)CCCC2C(=C/CC)/C(=C\C)C(F)(F)F. The number of allylic oxidation sites excluding steroid dienone is 4. The molecular formula is C16H20F3N3. The molecule has 1 unspecified atom stereocenters. The van der Waals surface area contributed by atoms with Crippen LogP contribution in [0.2, 0.25) is 0 Å². The molecule has 120 valence electrons. The second kappa shape index (κ2) is 6.50. The maximum Gasteiger partial charge on any atom is 0.416 e. The number of halogens is 3. The van der Waals surface area contributed by atoms with Gasteiger partial charge in [0.05, 0.1) is 5.57 Å². The topological polar surface area (TPSA) is 30.7 Å².